The van der Waals surface area contributed by atoms with E-state index in [1.165, 1.54) is 40.7 Å². The van der Waals surface area contributed by atoms with Crippen LogP contribution in [-0.4, -0.2) is 0 Å². The third-order valence-corrected chi connectivity index (χ3v) is 4.37. The standard InChI is InChI=1S/C15H21Cl/c1-9-7-10(2)12(4)15(11(9)3)14(16)8-13-5-6-13/h7,13-14H,5-6,8H2,1-4H3. The normalized spacial score (nSPS) is 17.6. The molecule has 1 aliphatic carbocycles. The lowest BCUT2D eigenvalue weighted by Crippen LogP contribution is -2.03. The molecule has 1 heteroatoms. The van der Waals surface area contributed by atoms with Gasteiger partial charge in [-0.1, -0.05) is 18.9 Å². The lowest BCUT2D eigenvalue weighted by molar-refractivity contribution is 0.700. The number of aryl methyl sites for hydroxylation is 2. The van der Waals surface area contributed by atoms with Crippen molar-refractivity contribution in [3.63, 3.8) is 0 Å². The van der Waals surface area contributed by atoms with Gasteiger partial charge >= 0.3 is 0 Å². The summed E-state index contributed by atoms with van der Waals surface area (Å²) in [6.07, 6.45) is 3.92. The minimum absolute atomic E-state index is 0.214. The molecule has 16 heavy (non-hydrogen) atoms. The first kappa shape index (κ1) is 12.0. The SMILES string of the molecule is Cc1cc(C)c(C)c(C(Cl)CC2CC2)c1C. The predicted octanol–water partition coefficient (Wildman–Crippen LogP) is 5.00. The fourth-order valence-electron chi connectivity index (χ4n) is 2.48. The Kier molecular flexibility index (Phi) is 3.30. The van der Waals surface area contributed by atoms with Crippen LogP contribution in [0.15, 0.2) is 6.07 Å². The lowest BCUT2D eigenvalue weighted by Gasteiger charge is -2.19. The molecule has 0 heterocycles. The van der Waals surface area contributed by atoms with Gasteiger partial charge in [0.25, 0.3) is 0 Å². The van der Waals surface area contributed by atoms with E-state index in [0.29, 0.717) is 0 Å². The zero-order valence-corrected chi connectivity index (χ0v) is 11.5. The van der Waals surface area contributed by atoms with Gasteiger partial charge in [0.15, 0.2) is 0 Å². The van der Waals surface area contributed by atoms with Gasteiger partial charge in [-0.3, -0.25) is 0 Å². The number of hydrogen-bond acceptors (Lipinski definition) is 0. The molecule has 1 unspecified atom stereocenters. The highest BCUT2D eigenvalue weighted by molar-refractivity contribution is 6.21. The van der Waals surface area contributed by atoms with Gasteiger partial charge in [0.2, 0.25) is 0 Å². The molecule has 0 amide bonds. The van der Waals surface area contributed by atoms with Crippen LogP contribution >= 0.6 is 11.6 Å². The molecular weight excluding hydrogens is 216 g/mol. The Morgan fingerprint density at radius 1 is 1.12 bits per heavy atom. The zero-order valence-electron chi connectivity index (χ0n) is 10.7. The smallest absolute Gasteiger partial charge is 0.0593 e. The van der Waals surface area contributed by atoms with Gasteiger partial charge in [0.1, 0.15) is 0 Å². The molecule has 1 atom stereocenters. The molecule has 0 aliphatic heterocycles. The van der Waals surface area contributed by atoms with Crippen molar-refractivity contribution < 1.29 is 0 Å². The van der Waals surface area contributed by atoms with E-state index in [0.717, 1.165) is 12.3 Å². The fourth-order valence-corrected chi connectivity index (χ4v) is 3.06. The van der Waals surface area contributed by atoms with E-state index in [-0.39, 0.29) is 5.38 Å². The van der Waals surface area contributed by atoms with Crippen molar-refractivity contribution in [3.05, 3.63) is 33.9 Å². The summed E-state index contributed by atoms with van der Waals surface area (Å²) in [7, 11) is 0. The van der Waals surface area contributed by atoms with Crippen molar-refractivity contribution in [2.75, 3.05) is 0 Å². The van der Waals surface area contributed by atoms with Crippen molar-refractivity contribution in [3.8, 4) is 0 Å². The van der Waals surface area contributed by atoms with Crippen LogP contribution in [0.2, 0.25) is 0 Å². The Bertz CT molecular complexity index is 376. The van der Waals surface area contributed by atoms with Crippen LogP contribution in [0.1, 0.15) is 52.5 Å². The van der Waals surface area contributed by atoms with Crippen LogP contribution in [0, 0.1) is 33.6 Å². The van der Waals surface area contributed by atoms with Gasteiger partial charge in [-0.25, -0.2) is 0 Å². The maximum atomic E-state index is 6.60. The quantitative estimate of drug-likeness (QED) is 0.648. The Balaban J connectivity index is 2.36. The second kappa shape index (κ2) is 4.41. The van der Waals surface area contributed by atoms with Crippen molar-refractivity contribution in [2.24, 2.45) is 5.92 Å². The molecule has 0 spiro atoms. The van der Waals surface area contributed by atoms with Gasteiger partial charge in [-0.15, -0.1) is 11.6 Å². The van der Waals surface area contributed by atoms with E-state index in [2.05, 4.69) is 33.8 Å². The van der Waals surface area contributed by atoms with Crippen LogP contribution in [0.25, 0.3) is 0 Å². The summed E-state index contributed by atoms with van der Waals surface area (Å²) in [6.45, 7) is 8.79. The zero-order chi connectivity index (χ0) is 11.9. The Labute approximate surface area is 104 Å². The van der Waals surface area contributed by atoms with Crippen LogP contribution in [0.4, 0.5) is 0 Å². The fraction of sp³-hybridized carbons (Fsp3) is 0.600. The Hall–Kier alpha value is -0.490. The maximum Gasteiger partial charge on any atom is 0.0593 e. The average molecular weight is 237 g/mol. The molecule has 1 aliphatic rings. The first-order chi connectivity index (χ1) is 7.50. The summed E-state index contributed by atoms with van der Waals surface area (Å²) < 4.78 is 0. The largest absolute Gasteiger partial charge is 0.118 e. The van der Waals surface area contributed by atoms with E-state index >= 15 is 0 Å². The van der Waals surface area contributed by atoms with Crippen LogP contribution in [0.5, 0.6) is 0 Å². The highest BCUT2D eigenvalue weighted by Crippen LogP contribution is 2.42. The molecule has 0 saturated heterocycles. The molecule has 1 fully saturated rings. The van der Waals surface area contributed by atoms with Gasteiger partial charge < -0.3 is 0 Å². The summed E-state index contributed by atoms with van der Waals surface area (Å²) >= 11 is 6.60. The number of rotatable bonds is 3. The van der Waals surface area contributed by atoms with Gasteiger partial charge in [0.05, 0.1) is 5.38 Å². The molecule has 88 valence electrons. The molecule has 0 N–H and O–H groups in total. The second-order valence-corrected chi connectivity index (χ2v) is 5.85. The lowest BCUT2D eigenvalue weighted by atomic mass is 9.90. The maximum absolute atomic E-state index is 6.60. The molecule has 0 radical (unpaired) electrons. The molecule has 1 aromatic carbocycles. The minimum Gasteiger partial charge on any atom is -0.118 e. The monoisotopic (exact) mass is 236 g/mol. The Morgan fingerprint density at radius 3 is 2.06 bits per heavy atom. The Morgan fingerprint density at radius 2 is 1.62 bits per heavy atom. The van der Waals surface area contributed by atoms with E-state index in [9.17, 15) is 0 Å². The molecule has 2 rings (SSSR count). The molecule has 1 aromatic rings. The highest BCUT2D eigenvalue weighted by atomic mass is 35.5. The number of halogens is 1. The van der Waals surface area contributed by atoms with Gasteiger partial charge in [-0.2, -0.15) is 0 Å². The highest BCUT2D eigenvalue weighted by Gasteiger charge is 2.27. The van der Waals surface area contributed by atoms with E-state index < -0.39 is 0 Å². The third kappa shape index (κ3) is 2.27. The van der Waals surface area contributed by atoms with Crippen LogP contribution in [-0.2, 0) is 0 Å². The summed E-state index contributed by atoms with van der Waals surface area (Å²) in [6, 6.07) is 2.27. The second-order valence-electron chi connectivity index (χ2n) is 5.32. The van der Waals surface area contributed by atoms with E-state index in [1.807, 2.05) is 0 Å². The number of benzene rings is 1. The van der Waals surface area contributed by atoms with Gasteiger partial charge in [0, 0.05) is 0 Å². The molecule has 0 bridgehead atoms. The van der Waals surface area contributed by atoms with Crippen molar-refractivity contribution in [1.29, 1.82) is 0 Å². The summed E-state index contributed by atoms with van der Waals surface area (Å²) in [4.78, 5) is 0. The van der Waals surface area contributed by atoms with E-state index in [1.54, 1.807) is 0 Å². The first-order valence-electron chi connectivity index (χ1n) is 6.22. The predicted molar refractivity (Wildman–Crippen MR) is 71.3 cm³/mol. The molecule has 1 saturated carbocycles. The molecule has 0 nitrogen and oxygen atoms in total. The van der Waals surface area contributed by atoms with Crippen LogP contribution in [0.3, 0.4) is 0 Å². The average Bonchev–Trinajstić information content (AvgIpc) is 2.99. The van der Waals surface area contributed by atoms with Crippen LogP contribution < -0.4 is 0 Å². The van der Waals surface area contributed by atoms with Crippen molar-refractivity contribution >= 4 is 11.6 Å². The van der Waals surface area contributed by atoms with E-state index in [4.69, 9.17) is 11.6 Å². The topological polar surface area (TPSA) is 0 Å². The summed E-state index contributed by atoms with van der Waals surface area (Å²) in [5.74, 6) is 0.891. The first-order valence-corrected chi connectivity index (χ1v) is 6.65. The number of alkyl halides is 1. The molecule has 0 aromatic heterocycles. The number of hydrogen-bond donors (Lipinski definition) is 0. The summed E-state index contributed by atoms with van der Waals surface area (Å²) in [5, 5.41) is 0.214. The van der Waals surface area contributed by atoms with Crippen molar-refractivity contribution in [1.82, 2.24) is 0 Å². The van der Waals surface area contributed by atoms with Crippen molar-refractivity contribution in [2.45, 2.75) is 52.3 Å². The summed E-state index contributed by atoms with van der Waals surface area (Å²) in [5.41, 5.74) is 6.93. The molecular formula is C15H21Cl. The van der Waals surface area contributed by atoms with Gasteiger partial charge in [-0.05, 0) is 67.9 Å². The minimum atomic E-state index is 0.214. The third-order valence-electron chi connectivity index (χ3n) is 3.97.